The van der Waals surface area contributed by atoms with Gasteiger partial charge in [0.05, 0.1) is 5.75 Å². The highest BCUT2D eigenvalue weighted by atomic mass is 35.5. The van der Waals surface area contributed by atoms with Crippen molar-refractivity contribution >= 4 is 34.2 Å². The van der Waals surface area contributed by atoms with Gasteiger partial charge in [-0.1, -0.05) is 38.4 Å². The second kappa shape index (κ2) is 9.35. The molecule has 28 heavy (non-hydrogen) atoms. The molecular formula is C19H28ClN3O4S. The molecule has 2 rings (SSSR count). The van der Waals surface area contributed by atoms with E-state index >= 15 is 0 Å². The molecule has 1 unspecified atom stereocenters. The lowest BCUT2D eigenvalue weighted by Crippen LogP contribution is -2.59. The van der Waals surface area contributed by atoms with Crippen molar-refractivity contribution in [1.82, 2.24) is 10.2 Å². The molecule has 1 aliphatic heterocycles. The number of carbonyl (C=O) groups is 2. The van der Waals surface area contributed by atoms with Gasteiger partial charge in [-0.3, -0.25) is 13.8 Å². The summed E-state index contributed by atoms with van der Waals surface area (Å²) in [5.41, 5.74) is 6.71. The standard InChI is InChI=1S/C19H28ClN3O4S/c1-19(2,3)16(24)18(26)23-6-7-28(27)11-15(23)17(25)22-10-13-8-14(20)5-4-12(13)9-21/h4-5,8,15-16,24H,6-7,9-11,21H2,1-3H3,(H,22,25)/t15-,16-,28?/m0/s1. The zero-order valence-electron chi connectivity index (χ0n) is 16.4. The minimum atomic E-state index is -1.24. The summed E-state index contributed by atoms with van der Waals surface area (Å²) < 4.78 is 12.0. The van der Waals surface area contributed by atoms with E-state index in [0.29, 0.717) is 11.6 Å². The number of rotatable bonds is 5. The van der Waals surface area contributed by atoms with Crippen LogP contribution >= 0.6 is 11.6 Å². The summed E-state index contributed by atoms with van der Waals surface area (Å²) in [5.74, 6) is -0.591. The summed E-state index contributed by atoms with van der Waals surface area (Å²) in [6, 6.07) is 4.37. The smallest absolute Gasteiger partial charge is 0.252 e. The molecule has 2 amide bonds. The van der Waals surface area contributed by atoms with Crippen molar-refractivity contribution in [3.05, 3.63) is 34.3 Å². The second-order valence-electron chi connectivity index (χ2n) is 7.96. The molecule has 0 spiro atoms. The Labute approximate surface area is 173 Å². The van der Waals surface area contributed by atoms with E-state index in [2.05, 4.69) is 5.32 Å². The fourth-order valence-electron chi connectivity index (χ4n) is 2.97. The van der Waals surface area contributed by atoms with Gasteiger partial charge in [0, 0.05) is 41.2 Å². The highest BCUT2D eigenvalue weighted by Crippen LogP contribution is 2.23. The molecule has 1 heterocycles. The van der Waals surface area contributed by atoms with Crippen LogP contribution in [0.2, 0.25) is 5.02 Å². The van der Waals surface area contributed by atoms with Crippen LogP contribution in [0.5, 0.6) is 0 Å². The third kappa shape index (κ3) is 5.53. The molecular weight excluding hydrogens is 402 g/mol. The fraction of sp³-hybridized carbons (Fsp3) is 0.579. The van der Waals surface area contributed by atoms with Crippen LogP contribution in [-0.2, 0) is 33.5 Å². The fourth-order valence-corrected chi connectivity index (χ4v) is 4.42. The van der Waals surface area contributed by atoms with Crippen molar-refractivity contribution in [3.8, 4) is 0 Å². The minimum absolute atomic E-state index is 0.0493. The van der Waals surface area contributed by atoms with Gasteiger partial charge in [-0.2, -0.15) is 0 Å². The maximum Gasteiger partial charge on any atom is 0.252 e. The largest absolute Gasteiger partial charge is 0.383 e. The van der Waals surface area contributed by atoms with Gasteiger partial charge in [-0.05, 0) is 28.7 Å². The normalized spacial score (nSPS) is 21.3. The molecule has 1 fully saturated rings. The number of nitrogens with one attached hydrogen (secondary N) is 1. The highest BCUT2D eigenvalue weighted by Gasteiger charge is 2.40. The third-order valence-corrected chi connectivity index (χ3v) is 6.32. The molecule has 3 atom stereocenters. The van der Waals surface area contributed by atoms with Crippen molar-refractivity contribution in [2.75, 3.05) is 18.1 Å². The van der Waals surface area contributed by atoms with Crippen molar-refractivity contribution in [2.24, 2.45) is 11.1 Å². The molecule has 0 bridgehead atoms. The monoisotopic (exact) mass is 429 g/mol. The Kier molecular flexibility index (Phi) is 7.61. The number of carbonyl (C=O) groups excluding carboxylic acids is 2. The van der Waals surface area contributed by atoms with E-state index in [1.165, 1.54) is 4.90 Å². The maximum atomic E-state index is 12.8. The number of nitrogens with zero attached hydrogens (tertiary/aromatic N) is 1. The van der Waals surface area contributed by atoms with E-state index in [-0.39, 0.29) is 24.6 Å². The van der Waals surface area contributed by atoms with Crippen LogP contribution in [0.15, 0.2) is 18.2 Å². The van der Waals surface area contributed by atoms with Crippen LogP contribution in [0, 0.1) is 5.41 Å². The first-order valence-electron chi connectivity index (χ1n) is 9.13. The van der Waals surface area contributed by atoms with E-state index in [9.17, 15) is 18.9 Å². The third-order valence-electron chi connectivity index (χ3n) is 4.76. The van der Waals surface area contributed by atoms with Crippen LogP contribution < -0.4 is 11.1 Å². The van der Waals surface area contributed by atoms with Crippen molar-refractivity contribution < 1.29 is 18.9 Å². The lowest BCUT2D eigenvalue weighted by atomic mass is 9.88. The number of amides is 2. The molecule has 1 saturated heterocycles. The first kappa shape index (κ1) is 22.8. The quantitative estimate of drug-likeness (QED) is 0.640. The Morgan fingerprint density at radius 1 is 1.39 bits per heavy atom. The first-order chi connectivity index (χ1) is 13.0. The second-order valence-corrected chi connectivity index (χ2v) is 10.0. The number of nitrogens with two attached hydrogens (primary N) is 1. The molecule has 156 valence electrons. The summed E-state index contributed by atoms with van der Waals surface area (Å²) in [5, 5.41) is 13.7. The van der Waals surface area contributed by atoms with Crippen molar-refractivity contribution in [3.63, 3.8) is 0 Å². The van der Waals surface area contributed by atoms with Gasteiger partial charge in [-0.25, -0.2) is 0 Å². The lowest BCUT2D eigenvalue weighted by molar-refractivity contribution is -0.151. The van der Waals surface area contributed by atoms with Gasteiger partial charge < -0.3 is 21.1 Å². The molecule has 1 aromatic rings. The predicted molar refractivity (Wildman–Crippen MR) is 110 cm³/mol. The molecule has 0 saturated carbocycles. The van der Waals surface area contributed by atoms with Gasteiger partial charge in [-0.15, -0.1) is 0 Å². The maximum absolute atomic E-state index is 12.8. The Bertz CT molecular complexity index is 766. The number of benzene rings is 1. The van der Waals surface area contributed by atoms with Gasteiger partial charge in [0.15, 0.2) is 0 Å². The Morgan fingerprint density at radius 2 is 2.07 bits per heavy atom. The summed E-state index contributed by atoms with van der Waals surface area (Å²) in [6.45, 7) is 5.92. The Hall–Kier alpha value is -1.48. The van der Waals surface area contributed by atoms with E-state index in [4.69, 9.17) is 17.3 Å². The number of aliphatic hydroxyl groups is 1. The topological polar surface area (TPSA) is 113 Å². The minimum Gasteiger partial charge on any atom is -0.383 e. The first-order valence-corrected chi connectivity index (χ1v) is 11.0. The average molecular weight is 430 g/mol. The molecule has 7 nitrogen and oxygen atoms in total. The zero-order valence-corrected chi connectivity index (χ0v) is 18.0. The SMILES string of the molecule is CC(C)(C)[C@@H](O)C(=O)N1CCS(=O)C[C@H]1C(=O)NCc1cc(Cl)ccc1CN. The van der Waals surface area contributed by atoms with Crippen LogP contribution in [-0.4, -0.2) is 56.2 Å². The zero-order chi connectivity index (χ0) is 21.1. The molecule has 0 aromatic heterocycles. The van der Waals surface area contributed by atoms with E-state index in [1.807, 2.05) is 0 Å². The van der Waals surface area contributed by atoms with Gasteiger partial charge in [0.2, 0.25) is 5.91 Å². The summed E-state index contributed by atoms with van der Waals surface area (Å²) in [6.07, 6.45) is -1.24. The summed E-state index contributed by atoms with van der Waals surface area (Å²) >= 11 is 6.02. The van der Waals surface area contributed by atoms with Gasteiger partial charge >= 0.3 is 0 Å². The van der Waals surface area contributed by atoms with Gasteiger partial charge in [0.1, 0.15) is 12.1 Å². The average Bonchev–Trinajstić information content (AvgIpc) is 2.64. The molecule has 0 aliphatic carbocycles. The molecule has 9 heteroatoms. The van der Waals surface area contributed by atoms with Crippen LogP contribution in [0.4, 0.5) is 0 Å². The molecule has 4 N–H and O–H groups in total. The van der Waals surface area contributed by atoms with Crippen molar-refractivity contribution in [1.29, 1.82) is 0 Å². The lowest BCUT2D eigenvalue weighted by Gasteiger charge is -2.38. The Balaban J connectivity index is 2.15. The highest BCUT2D eigenvalue weighted by molar-refractivity contribution is 7.85. The number of halogens is 1. The Morgan fingerprint density at radius 3 is 2.68 bits per heavy atom. The van der Waals surface area contributed by atoms with Gasteiger partial charge in [0.25, 0.3) is 5.91 Å². The number of hydrogen-bond donors (Lipinski definition) is 3. The predicted octanol–water partition coefficient (Wildman–Crippen LogP) is 0.781. The summed E-state index contributed by atoms with van der Waals surface area (Å²) in [4.78, 5) is 26.9. The number of aliphatic hydroxyl groups excluding tert-OH is 1. The molecule has 1 aliphatic rings. The van der Waals surface area contributed by atoms with Crippen LogP contribution in [0.3, 0.4) is 0 Å². The van der Waals surface area contributed by atoms with E-state index in [1.54, 1.807) is 39.0 Å². The van der Waals surface area contributed by atoms with E-state index < -0.39 is 40.2 Å². The van der Waals surface area contributed by atoms with Crippen LogP contribution in [0.25, 0.3) is 0 Å². The molecule has 0 radical (unpaired) electrons. The van der Waals surface area contributed by atoms with Crippen LogP contribution in [0.1, 0.15) is 31.9 Å². The van der Waals surface area contributed by atoms with Crippen molar-refractivity contribution in [2.45, 2.75) is 46.0 Å². The van der Waals surface area contributed by atoms with E-state index in [0.717, 1.165) is 11.1 Å². The summed E-state index contributed by atoms with van der Waals surface area (Å²) in [7, 11) is -1.20. The number of hydrogen-bond acceptors (Lipinski definition) is 5. The molecule has 1 aromatic carbocycles.